The predicted octanol–water partition coefficient (Wildman–Crippen LogP) is 1.67. The van der Waals surface area contributed by atoms with Gasteiger partial charge in [0, 0.05) is 39.5 Å². The Hall–Kier alpha value is -0.120. The quantitative estimate of drug-likeness (QED) is 0.731. The summed E-state index contributed by atoms with van der Waals surface area (Å²) in [6.45, 7) is 8.26. The van der Waals surface area contributed by atoms with Crippen LogP contribution in [0.25, 0.3) is 0 Å². The molecule has 2 atom stereocenters. The normalized spacial score (nSPS) is 22.6. The van der Waals surface area contributed by atoms with Gasteiger partial charge in [-0.2, -0.15) is 0 Å². The molecule has 0 aromatic heterocycles. The van der Waals surface area contributed by atoms with Gasteiger partial charge < -0.3 is 14.8 Å². The average Bonchev–Trinajstić information content (AvgIpc) is 2.27. The second kappa shape index (κ2) is 7.20. The standard InChI is InChI=1S/C12H25NO2/c1-10(9-14-3)8-13-11(2)12-4-6-15-7-5-12/h10-13H,4-9H2,1-3H3. The van der Waals surface area contributed by atoms with Crippen LogP contribution in [0, 0.1) is 11.8 Å². The summed E-state index contributed by atoms with van der Waals surface area (Å²) in [5, 5.41) is 3.60. The monoisotopic (exact) mass is 215 g/mol. The Bertz CT molecular complexity index is 158. The highest BCUT2D eigenvalue weighted by Crippen LogP contribution is 2.18. The molecule has 0 radical (unpaired) electrons. The van der Waals surface area contributed by atoms with Crippen LogP contribution in [-0.2, 0) is 9.47 Å². The topological polar surface area (TPSA) is 30.5 Å². The van der Waals surface area contributed by atoms with Gasteiger partial charge >= 0.3 is 0 Å². The minimum absolute atomic E-state index is 0.595. The summed E-state index contributed by atoms with van der Waals surface area (Å²) in [5.74, 6) is 1.38. The van der Waals surface area contributed by atoms with E-state index in [4.69, 9.17) is 9.47 Å². The van der Waals surface area contributed by atoms with Crippen molar-refractivity contribution in [3.63, 3.8) is 0 Å². The molecule has 0 amide bonds. The summed E-state index contributed by atoms with van der Waals surface area (Å²) in [7, 11) is 1.76. The Morgan fingerprint density at radius 1 is 1.33 bits per heavy atom. The van der Waals surface area contributed by atoms with Crippen molar-refractivity contribution in [2.45, 2.75) is 32.7 Å². The van der Waals surface area contributed by atoms with E-state index in [9.17, 15) is 0 Å². The summed E-state index contributed by atoms with van der Waals surface area (Å²) in [5.41, 5.74) is 0. The number of hydrogen-bond acceptors (Lipinski definition) is 3. The maximum atomic E-state index is 5.37. The maximum Gasteiger partial charge on any atom is 0.0499 e. The van der Waals surface area contributed by atoms with Gasteiger partial charge in [-0.25, -0.2) is 0 Å². The molecule has 1 aliphatic rings. The zero-order valence-electron chi connectivity index (χ0n) is 10.3. The molecule has 0 aromatic carbocycles. The van der Waals surface area contributed by atoms with E-state index in [0.717, 1.165) is 32.3 Å². The molecule has 15 heavy (non-hydrogen) atoms. The minimum atomic E-state index is 0.595. The number of ether oxygens (including phenoxy) is 2. The Labute approximate surface area is 93.5 Å². The van der Waals surface area contributed by atoms with Gasteiger partial charge in [0.25, 0.3) is 0 Å². The van der Waals surface area contributed by atoms with Gasteiger partial charge in [-0.15, -0.1) is 0 Å². The maximum absolute atomic E-state index is 5.37. The second-order valence-corrected chi connectivity index (χ2v) is 4.71. The molecule has 0 bridgehead atoms. The van der Waals surface area contributed by atoms with E-state index in [1.165, 1.54) is 12.8 Å². The first-order valence-corrected chi connectivity index (χ1v) is 6.04. The Morgan fingerprint density at radius 2 is 2.00 bits per heavy atom. The number of methoxy groups -OCH3 is 1. The van der Waals surface area contributed by atoms with Gasteiger partial charge in [0.2, 0.25) is 0 Å². The van der Waals surface area contributed by atoms with Crippen molar-refractivity contribution in [2.24, 2.45) is 11.8 Å². The molecule has 1 fully saturated rings. The third-order valence-electron chi connectivity index (χ3n) is 3.21. The van der Waals surface area contributed by atoms with Gasteiger partial charge in [-0.1, -0.05) is 6.92 Å². The molecule has 0 spiro atoms. The fourth-order valence-corrected chi connectivity index (χ4v) is 2.11. The highest BCUT2D eigenvalue weighted by Gasteiger charge is 2.20. The van der Waals surface area contributed by atoms with E-state index in [0.29, 0.717) is 12.0 Å². The number of rotatable bonds is 6. The molecular weight excluding hydrogens is 190 g/mol. The molecule has 90 valence electrons. The lowest BCUT2D eigenvalue weighted by atomic mass is 9.92. The summed E-state index contributed by atoms with van der Waals surface area (Å²) in [6.07, 6.45) is 2.40. The zero-order valence-corrected chi connectivity index (χ0v) is 10.3. The van der Waals surface area contributed by atoms with E-state index in [1.807, 2.05) is 0 Å². The fourth-order valence-electron chi connectivity index (χ4n) is 2.11. The third-order valence-corrected chi connectivity index (χ3v) is 3.21. The Balaban J connectivity index is 2.13. The van der Waals surface area contributed by atoms with Crippen LogP contribution in [0.4, 0.5) is 0 Å². The SMILES string of the molecule is COCC(C)CNC(C)C1CCOCC1. The lowest BCUT2D eigenvalue weighted by molar-refractivity contribution is 0.0548. The molecule has 1 rings (SSSR count). The van der Waals surface area contributed by atoms with Crippen molar-refractivity contribution < 1.29 is 9.47 Å². The first-order chi connectivity index (χ1) is 7.24. The zero-order chi connectivity index (χ0) is 11.1. The average molecular weight is 215 g/mol. The lowest BCUT2D eigenvalue weighted by Gasteiger charge is -2.29. The molecule has 1 heterocycles. The summed E-state index contributed by atoms with van der Waals surface area (Å²) >= 11 is 0. The second-order valence-electron chi connectivity index (χ2n) is 4.71. The molecule has 1 saturated heterocycles. The van der Waals surface area contributed by atoms with Crippen LogP contribution in [0.2, 0.25) is 0 Å². The van der Waals surface area contributed by atoms with E-state index in [1.54, 1.807) is 7.11 Å². The lowest BCUT2D eigenvalue weighted by Crippen LogP contribution is -2.39. The van der Waals surface area contributed by atoms with Crippen molar-refractivity contribution in [3.05, 3.63) is 0 Å². The highest BCUT2D eigenvalue weighted by atomic mass is 16.5. The molecule has 1 aliphatic heterocycles. The number of hydrogen-bond donors (Lipinski definition) is 1. The first kappa shape index (κ1) is 12.9. The van der Waals surface area contributed by atoms with Gasteiger partial charge in [0.05, 0.1) is 0 Å². The summed E-state index contributed by atoms with van der Waals surface area (Å²) in [6, 6.07) is 0.605. The van der Waals surface area contributed by atoms with Crippen LogP contribution in [-0.4, -0.2) is 39.5 Å². The molecule has 1 N–H and O–H groups in total. The van der Waals surface area contributed by atoms with E-state index in [2.05, 4.69) is 19.2 Å². The van der Waals surface area contributed by atoms with E-state index >= 15 is 0 Å². The molecule has 0 aliphatic carbocycles. The van der Waals surface area contributed by atoms with Crippen molar-refractivity contribution in [1.82, 2.24) is 5.32 Å². The first-order valence-electron chi connectivity index (χ1n) is 6.04. The third kappa shape index (κ3) is 4.96. The largest absolute Gasteiger partial charge is 0.384 e. The molecule has 3 nitrogen and oxygen atoms in total. The van der Waals surface area contributed by atoms with Gasteiger partial charge in [0.15, 0.2) is 0 Å². The Morgan fingerprint density at radius 3 is 2.60 bits per heavy atom. The predicted molar refractivity (Wildman–Crippen MR) is 62.0 cm³/mol. The van der Waals surface area contributed by atoms with Crippen LogP contribution in [0.1, 0.15) is 26.7 Å². The van der Waals surface area contributed by atoms with Gasteiger partial charge in [0.1, 0.15) is 0 Å². The molecule has 0 saturated carbocycles. The van der Waals surface area contributed by atoms with Gasteiger partial charge in [-0.3, -0.25) is 0 Å². The number of nitrogens with one attached hydrogen (secondary N) is 1. The van der Waals surface area contributed by atoms with Crippen molar-refractivity contribution >= 4 is 0 Å². The van der Waals surface area contributed by atoms with Crippen molar-refractivity contribution in [3.8, 4) is 0 Å². The summed E-state index contributed by atoms with van der Waals surface area (Å²) < 4.78 is 10.5. The van der Waals surface area contributed by atoms with Crippen LogP contribution in [0.15, 0.2) is 0 Å². The van der Waals surface area contributed by atoms with E-state index < -0.39 is 0 Å². The smallest absolute Gasteiger partial charge is 0.0499 e. The van der Waals surface area contributed by atoms with Crippen LogP contribution < -0.4 is 5.32 Å². The highest BCUT2D eigenvalue weighted by molar-refractivity contribution is 4.75. The van der Waals surface area contributed by atoms with Gasteiger partial charge in [-0.05, 0) is 31.6 Å². The van der Waals surface area contributed by atoms with Crippen molar-refractivity contribution in [1.29, 1.82) is 0 Å². The van der Waals surface area contributed by atoms with Crippen molar-refractivity contribution in [2.75, 3.05) is 33.5 Å². The molecule has 3 heteroatoms. The fraction of sp³-hybridized carbons (Fsp3) is 1.00. The molecule has 2 unspecified atom stereocenters. The van der Waals surface area contributed by atoms with Crippen LogP contribution in [0.3, 0.4) is 0 Å². The van der Waals surface area contributed by atoms with Crippen LogP contribution in [0.5, 0.6) is 0 Å². The Kier molecular flexibility index (Phi) is 6.22. The van der Waals surface area contributed by atoms with Crippen LogP contribution >= 0.6 is 0 Å². The minimum Gasteiger partial charge on any atom is -0.384 e. The molecular formula is C12H25NO2. The summed E-state index contributed by atoms with van der Waals surface area (Å²) in [4.78, 5) is 0. The van der Waals surface area contributed by atoms with E-state index in [-0.39, 0.29) is 0 Å². The molecule has 0 aromatic rings.